The number of ether oxygens (including phenoxy) is 1. The molecular formula is C34H57NO4. The fourth-order valence-corrected chi connectivity index (χ4v) is 10.0. The predicted octanol–water partition coefficient (Wildman–Crippen LogP) is 7.14. The second-order valence-electron chi connectivity index (χ2n) is 15.2. The summed E-state index contributed by atoms with van der Waals surface area (Å²) in [4.78, 5) is 38.8. The molecule has 0 bridgehead atoms. The summed E-state index contributed by atoms with van der Waals surface area (Å²) >= 11 is 0. The van der Waals surface area contributed by atoms with E-state index in [2.05, 4.69) is 27.7 Å². The summed E-state index contributed by atoms with van der Waals surface area (Å²) in [5.74, 6) is 3.24. The Labute approximate surface area is 238 Å². The molecule has 39 heavy (non-hydrogen) atoms. The monoisotopic (exact) mass is 543 g/mol. The number of hydrogen-bond acceptors (Lipinski definition) is 5. The molecule has 1 unspecified atom stereocenters. The van der Waals surface area contributed by atoms with Crippen LogP contribution in [0.5, 0.6) is 0 Å². The number of nitrogens with two attached hydrogens (primary N) is 1. The highest BCUT2D eigenvalue weighted by molar-refractivity contribution is 5.88. The number of carbonyl (C=O) groups is 3. The van der Waals surface area contributed by atoms with Gasteiger partial charge in [0.2, 0.25) is 0 Å². The molecule has 0 aliphatic heterocycles. The van der Waals surface area contributed by atoms with Crippen LogP contribution in [0.3, 0.4) is 0 Å². The maximum atomic E-state index is 13.4. The van der Waals surface area contributed by atoms with E-state index in [4.69, 9.17) is 10.5 Å². The van der Waals surface area contributed by atoms with Crippen molar-refractivity contribution in [1.82, 2.24) is 0 Å². The van der Waals surface area contributed by atoms with Crippen LogP contribution in [0.4, 0.5) is 0 Å². The summed E-state index contributed by atoms with van der Waals surface area (Å²) in [5.41, 5.74) is 6.72. The maximum Gasteiger partial charge on any atom is 0.309 e. The number of ketones is 2. The zero-order chi connectivity index (χ0) is 28.7. The van der Waals surface area contributed by atoms with Crippen LogP contribution < -0.4 is 5.73 Å². The lowest BCUT2D eigenvalue weighted by Crippen LogP contribution is -2.54. The van der Waals surface area contributed by atoms with Crippen molar-refractivity contribution in [1.29, 1.82) is 0 Å². The first-order valence-corrected chi connectivity index (χ1v) is 16.3. The number of Topliss-reactive ketones (excluding diaryl/α,β-unsaturated/α-hetero) is 2. The maximum absolute atomic E-state index is 13.4. The average molecular weight is 544 g/mol. The van der Waals surface area contributed by atoms with Gasteiger partial charge in [-0.25, -0.2) is 0 Å². The molecule has 5 heteroatoms. The summed E-state index contributed by atoms with van der Waals surface area (Å²) in [7, 11) is 0. The summed E-state index contributed by atoms with van der Waals surface area (Å²) in [5, 5.41) is 0. The Morgan fingerprint density at radius 3 is 2.23 bits per heavy atom. The van der Waals surface area contributed by atoms with Crippen molar-refractivity contribution in [2.75, 3.05) is 0 Å². The van der Waals surface area contributed by atoms with Gasteiger partial charge in [-0.1, -0.05) is 48.0 Å². The van der Waals surface area contributed by atoms with Gasteiger partial charge in [-0.3, -0.25) is 14.4 Å². The number of rotatable bonds is 10. The first-order valence-electron chi connectivity index (χ1n) is 16.3. The van der Waals surface area contributed by atoms with Crippen molar-refractivity contribution >= 4 is 17.5 Å². The van der Waals surface area contributed by atoms with Gasteiger partial charge in [-0.2, -0.15) is 0 Å². The van der Waals surface area contributed by atoms with Crippen molar-refractivity contribution in [3.05, 3.63) is 0 Å². The van der Waals surface area contributed by atoms with Crippen LogP contribution in [0.2, 0.25) is 0 Å². The fraction of sp³-hybridized carbons (Fsp3) is 0.912. The van der Waals surface area contributed by atoms with E-state index >= 15 is 0 Å². The molecular weight excluding hydrogens is 486 g/mol. The summed E-state index contributed by atoms with van der Waals surface area (Å²) < 4.78 is 6.21. The third-order valence-electron chi connectivity index (χ3n) is 12.6. The number of carbonyl (C=O) groups excluding carboxylic acids is 3. The molecule has 4 rings (SSSR count). The van der Waals surface area contributed by atoms with Crippen LogP contribution in [-0.4, -0.2) is 29.7 Å². The summed E-state index contributed by atoms with van der Waals surface area (Å²) in [6.07, 6.45) is 11.9. The van der Waals surface area contributed by atoms with Crippen molar-refractivity contribution < 1.29 is 19.1 Å². The molecule has 0 aromatic heterocycles. The Balaban J connectivity index is 1.39. The number of fused-ring (bicyclic) bond motifs is 5. The van der Waals surface area contributed by atoms with Crippen LogP contribution in [-0.2, 0) is 19.1 Å². The largest absolute Gasteiger partial charge is 0.462 e. The summed E-state index contributed by atoms with van der Waals surface area (Å²) in [6, 6.07) is -0.508. The van der Waals surface area contributed by atoms with Crippen LogP contribution in [0.15, 0.2) is 0 Å². The van der Waals surface area contributed by atoms with E-state index in [1.807, 2.05) is 20.8 Å². The molecule has 0 aromatic carbocycles. The van der Waals surface area contributed by atoms with Crippen LogP contribution in [0.25, 0.3) is 0 Å². The van der Waals surface area contributed by atoms with Gasteiger partial charge in [-0.15, -0.1) is 0 Å². The number of esters is 1. The minimum Gasteiger partial charge on any atom is -0.462 e. The van der Waals surface area contributed by atoms with E-state index in [1.54, 1.807) is 0 Å². The van der Waals surface area contributed by atoms with Gasteiger partial charge in [0, 0.05) is 12.3 Å². The second kappa shape index (κ2) is 11.9. The lowest BCUT2D eigenvalue weighted by atomic mass is 9.44. The zero-order valence-electron chi connectivity index (χ0n) is 26.0. The molecule has 4 fully saturated rings. The van der Waals surface area contributed by atoms with E-state index < -0.39 is 12.0 Å². The lowest BCUT2D eigenvalue weighted by molar-refractivity contribution is -0.168. The van der Waals surface area contributed by atoms with E-state index in [1.165, 1.54) is 32.1 Å². The minimum atomic E-state index is -0.508. The normalized spacial score (nSPS) is 40.1. The van der Waals surface area contributed by atoms with Crippen molar-refractivity contribution in [2.45, 2.75) is 138 Å². The smallest absolute Gasteiger partial charge is 0.309 e. The molecule has 11 atom stereocenters. The molecule has 0 amide bonds. The van der Waals surface area contributed by atoms with Crippen LogP contribution >= 0.6 is 0 Å². The Morgan fingerprint density at radius 1 is 0.923 bits per heavy atom. The third kappa shape index (κ3) is 5.90. The molecule has 0 radical (unpaired) electrons. The minimum absolute atomic E-state index is 0.00952. The van der Waals surface area contributed by atoms with Gasteiger partial charge in [-0.05, 0) is 117 Å². The molecule has 222 valence electrons. The Bertz CT molecular complexity index is 915. The number of hydrogen-bond donors (Lipinski definition) is 1. The molecule has 0 saturated heterocycles. The Kier molecular flexibility index (Phi) is 9.41. The Hall–Kier alpha value is -1.23. The molecule has 0 heterocycles. The molecule has 0 spiro atoms. The fourth-order valence-electron chi connectivity index (χ4n) is 10.0. The van der Waals surface area contributed by atoms with E-state index in [0.717, 1.165) is 43.9 Å². The third-order valence-corrected chi connectivity index (χ3v) is 12.6. The lowest BCUT2D eigenvalue weighted by Gasteiger charge is -2.61. The average Bonchev–Trinajstić information content (AvgIpc) is 3.24. The van der Waals surface area contributed by atoms with Gasteiger partial charge in [0.15, 0.2) is 5.78 Å². The molecule has 4 aliphatic rings. The van der Waals surface area contributed by atoms with Crippen molar-refractivity contribution in [3.8, 4) is 0 Å². The predicted molar refractivity (Wildman–Crippen MR) is 156 cm³/mol. The van der Waals surface area contributed by atoms with Crippen LogP contribution in [0, 0.1) is 58.2 Å². The molecule has 4 saturated carbocycles. The van der Waals surface area contributed by atoms with Gasteiger partial charge < -0.3 is 10.5 Å². The molecule has 2 N–H and O–H groups in total. The van der Waals surface area contributed by atoms with Gasteiger partial charge in [0.1, 0.15) is 11.9 Å². The molecule has 5 nitrogen and oxygen atoms in total. The molecule has 4 aliphatic carbocycles. The van der Waals surface area contributed by atoms with Gasteiger partial charge in [0.25, 0.3) is 0 Å². The highest BCUT2D eigenvalue weighted by Gasteiger charge is 2.61. The SMILES string of the molecule is CCC(C)[C@H](N)C(=O)C[C@@H](CC(C)C)C(=O)O[C@@H]1CC[C@@]2(C)[C@@H](CC[C@@H]3[C@@H]2CC[C@]2(C)[C@@H](C(C)=O)CC[C@@H]32)C1. The van der Waals surface area contributed by atoms with E-state index in [9.17, 15) is 14.4 Å². The van der Waals surface area contributed by atoms with Crippen molar-refractivity contribution in [3.63, 3.8) is 0 Å². The van der Waals surface area contributed by atoms with Crippen molar-refractivity contribution in [2.24, 2.45) is 63.9 Å². The highest BCUT2D eigenvalue weighted by Crippen LogP contribution is 2.67. The second-order valence-corrected chi connectivity index (χ2v) is 15.2. The topological polar surface area (TPSA) is 86.5 Å². The van der Waals surface area contributed by atoms with Gasteiger partial charge >= 0.3 is 5.97 Å². The van der Waals surface area contributed by atoms with E-state index in [0.29, 0.717) is 35.4 Å². The standard InChI is InChI=1S/C34H57NO4/c1-8-21(4)31(35)30(37)18-23(17-20(2)3)32(38)39-25-13-15-33(6)24(19-25)9-10-26-28-12-11-27(22(5)36)34(28,7)16-14-29(26)33/h20-21,23-29,31H,8-19,35H2,1-7H3/t21?,23-,24+,25-,26+,27-,28+,29+,31+,33+,34-/m1/s1. The highest BCUT2D eigenvalue weighted by atomic mass is 16.5. The quantitative estimate of drug-likeness (QED) is 0.296. The van der Waals surface area contributed by atoms with Crippen LogP contribution in [0.1, 0.15) is 126 Å². The molecule has 0 aromatic rings. The first kappa shape index (κ1) is 30.7. The van der Waals surface area contributed by atoms with E-state index in [-0.39, 0.29) is 41.5 Å². The summed E-state index contributed by atoms with van der Waals surface area (Å²) in [6.45, 7) is 15.0. The Morgan fingerprint density at radius 2 is 1.59 bits per heavy atom. The first-order chi connectivity index (χ1) is 18.3. The van der Waals surface area contributed by atoms with Gasteiger partial charge in [0.05, 0.1) is 12.0 Å². The zero-order valence-corrected chi connectivity index (χ0v) is 26.0.